The molecule has 1 aliphatic carbocycles. The Morgan fingerprint density at radius 3 is 2.79 bits per heavy atom. The highest BCUT2D eigenvalue weighted by Crippen LogP contribution is 2.23. The molecule has 0 aromatic carbocycles. The Balaban J connectivity index is 2.25. The van der Waals surface area contributed by atoms with Crippen LogP contribution < -0.4 is 5.32 Å². The monoisotopic (exact) mass is 272 g/mol. The van der Waals surface area contributed by atoms with Crippen molar-refractivity contribution in [2.24, 2.45) is 5.92 Å². The lowest BCUT2D eigenvalue weighted by atomic mass is 9.86. The van der Waals surface area contributed by atoms with Crippen LogP contribution in [0.1, 0.15) is 32.6 Å². The SMILES string of the molecule is COCC(O)CN(C)CC(=O)NC1CCCCC1C. The lowest BCUT2D eigenvalue weighted by molar-refractivity contribution is -0.123. The fourth-order valence-corrected chi connectivity index (χ4v) is 2.70. The molecule has 2 N–H and O–H groups in total. The highest BCUT2D eigenvalue weighted by molar-refractivity contribution is 5.78. The Hall–Kier alpha value is -0.650. The fraction of sp³-hybridized carbons (Fsp3) is 0.929. The van der Waals surface area contributed by atoms with Crippen LogP contribution in [0.4, 0.5) is 0 Å². The van der Waals surface area contributed by atoms with Gasteiger partial charge >= 0.3 is 0 Å². The average Bonchev–Trinajstić information content (AvgIpc) is 2.31. The van der Waals surface area contributed by atoms with Crippen molar-refractivity contribution in [3.63, 3.8) is 0 Å². The molecule has 0 heterocycles. The van der Waals surface area contributed by atoms with Crippen LogP contribution in [0.15, 0.2) is 0 Å². The second-order valence-corrected chi connectivity index (χ2v) is 5.74. The highest BCUT2D eigenvalue weighted by Gasteiger charge is 2.23. The summed E-state index contributed by atoms with van der Waals surface area (Å²) in [6.07, 6.45) is 4.22. The lowest BCUT2D eigenvalue weighted by Gasteiger charge is -2.30. The van der Waals surface area contributed by atoms with Crippen LogP contribution in [0.5, 0.6) is 0 Å². The third-order valence-electron chi connectivity index (χ3n) is 3.75. The predicted molar refractivity (Wildman–Crippen MR) is 74.9 cm³/mol. The molecule has 1 rings (SSSR count). The van der Waals surface area contributed by atoms with Crippen LogP contribution in [-0.4, -0.2) is 61.9 Å². The number of nitrogens with one attached hydrogen (secondary N) is 1. The van der Waals surface area contributed by atoms with Gasteiger partial charge in [0.1, 0.15) is 0 Å². The van der Waals surface area contributed by atoms with Crippen molar-refractivity contribution in [2.45, 2.75) is 44.8 Å². The molecule has 1 saturated carbocycles. The molecule has 0 spiro atoms. The number of ether oxygens (including phenoxy) is 1. The minimum atomic E-state index is -0.545. The Bertz CT molecular complexity index is 273. The van der Waals surface area contributed by atoms with Crippen molar-refractivity contribution in [1.82, 2.24) is 10.2 Å². The Morgan fingerprint density at radius 2 is 2.16 bits per heavy atom. The van der Waals surface area contributed by atoms with Crippen LogP contribution in [0.25, 0.3) is 0 Å². The molecule has 0 radical (unpaired) electrons. The van der Waals surface area contributed by atoms with Gasteiger partial charge in [0.05, 0.1) is 19.3 Å². The van der Waals surface area contributed by atoms with Gasteiger partial charge in [0.2, 0.25) is 5.91 Å². The molecular formula is C14H28N2O3. The first-order valence-corrected chi connectivity index (χ1v) is 7.17. The second-order valence-electron chi connectivity index (χ2n) is 5.74. The van der Waals surface area contributed by atoms with Crippen molar-refractivity contribution in [3.8, 4) is 0 Å². The van der Waals surface area contributed by atoms with Crippen molar-refractivity contribution >= 4 is 5.91 Å². The zero-order valence-corrected chi connectivity index (χ0v) is 12.4. The van der Waals surface area contributed by atoms with E-state index in [-0.39, 0.29) is 5.91 Å². The van der Waals surface area contributed by atoms with E-state index in [0.717, 1.165) is 6.42 Å². The number of carbonyl (C=O) groups excluding carboxylic acids is 1. The molecule has 0 aromatic heterocycles. The first-order chi connectivity index (χ1) is 9.02. The largest absolute Gasteiger partial charge is 0.389 e. The van der Waals surface area contributed by atoms with Gasteiger partial charge in [-0.05, 0) is 25.8 Å². The predicted octanol–water partition coefficient (Wildman–Crippen LogP) is 0.620. The Kier molecular flexibility index (Phi) is 7.34. The van der Waals surface area contributed by atoms with Crippen LogP contribution >= 0.6 is 0 Å². The van der Waals surface area contributed by atoms with Crippen LogP contribution in [0, 0.1) is 5.92 Å². The molecule has 1 aliphatic rings. The summed E-state index contributed by atoms with van der Waals surface area (Å²) < 4.78 is 4.87. The number of amides is 1. The zero-order chi connectivity index (χ0) is 14.3. The topological polar surface area (TPSA) is 61.8 Å². The number of aliphatic hydroxyl groups is 1. The van der Waals surface area contributed by atoms with Gasteiger partial charge in [-0.3, -0.25) is 9.69 Å². The van der Waals surface area contributed by atoms with E-state index in [1.807, 2.05) is 11.9 Å². The van der Waals surface area contributed by atoms with Crippen LogP contribution in [0.3, 0.4) is 0 Å². The van der Waals surface area contributed by atoms with E-state index in [1.54, 1.807) is 7.11 Å². The molecule has 0 aromatic rings. The minimum Gasteiger partial charge on any atom is -0.389 e. The molecule has 5 nitrogen and oxygen atoms in total. The van der Waals surface area contributed by atoms with Crippen molar-refractivity contribution in [3.05, 3.63) is 0 Å². The number of nitrogens with zero attached hydrogens (tertiary/aromatic N) is 1. The van der Waals surface area contributed by atoms with Gasteiger partial charge in [-0.1, -0.05) is 19.8 Å². The van der Waals surface area contributed by atoms with Gasteiger partial charge in [-0.2, -0.15) is 0 Å². The maximum absolute atomic E-state index is 11.9. The summed E-state index contributed by atoms with van der Waals surface area (Å²) in [4.78, 5) is 13.8. The fourth-order valence-electron chi connectivity index (χ4n) is 2.70. The summed E-state index contributed by atoms with van der Waals surface area (Å²) >= 11 is 0. The second kappa shape index (κ2) is 8.51. The van der Waals surface area contributed by atoms with E-state index in [0.29, 0.717) is 31.7 Å². The van der Waals surface area contributed by atoms with Gasteiger partial charge < -0.3 is 15.2 Å². The molecule has 112 valence electrons. The molecule has 1 fully saturated rings. The smallest absolute Gasteiger partial charge is 0.234 e. The number of rotatable bonds is 7. The summed E-state index contributed by atoms with van der Waals surface area (Å²) in [5, 5.41) is 12.7. The van der Waals surface area contributed by atoms with E-state index in [9.17, 15) is 9.90 Å². The molecule has 0 bridgehead atoms. The van der Waals surface area contributed by atoms with E-state index < -0.39 is 6.10 Å². The third kappa shape index (κ3) is 6.36. The molecule has 3 atom stereocenters. The number of carbonyl (C=O) groups is 1. The summed E-state index contributed by atoms with van der Waals surface area (Å²) in [7, 11) is 3.39. The van der Waals surface area contributed by atoms with E-state index in [4.69, 9.17) is 4.74 Å². The van der Waals surface area contributed by atoms with Crippen molar-refractivity contribution in [1.29, 1.82) is 0 Å². The van der Waals surface area contributed by atoms with Gasteiger partial charge in [-0.15, -0.1) is 0 Å². The van der Waals surface area contributed by atoms with Crippen LogP contribution in [0.2, 0.25) is 0 Å². The maximum atomic E-state index is 11.9. The lowest BCUT2D eigenvalue weighted by Crippen LogP contribution is -2.46. The van der Waals surface area contributed by atoms with Gasteiger partial charge in [-0.25, -0.2) is 0 Å². The summed E-state index contributed by atoms with van der Waals surface area (Å²) in [5.74, 6) is 0.618. The number of aliphatic hydroxyl groups excluding tert-OH is 1. The Labute approximate surface area is 116 Å². The van der Waals surface area contributed by atoms with Gasteiger partial charge in [0, 0.05) is 19.7 Å². The number of methoxy groups -OCH3 is 1. The van der Waals surface area contributed by atoms with Gasteiger partial charge in [0.25, 0.3) is 0 Å². The highest BCUT2D eigenvalue weighted by atomic mass is 16.5. The average molecular weight is 272 g/mol. The molecule has 0 saturated heterocycles. The Morgan fingerprint density at radius 1 is 1.47 bits per heavy atom. The molecule has 5 heteroatoms. The normalized spacial score (nSPS) is 25.3. The first kappa shape index (κ1) is 16.4. The molecular weight excluding hydrogens is 244 g/mol. The van der Waals surface area contributed by atoms with E-state index >= 15 is 0 Å². The van der Waals surface area contributed by atoms with Crippen molar-refractivity contribution in [2.75, 3.05) is 33.9 Å². The zero-order valence-electron chi connectivity index (χ0n) is 12.4. The van der Waals surface area contributed by atoms with Crippen LogP contribution in [-0.2, 0) is 9.53 Å². The number of hydrogen-bond donors (Lipinski definition) is 2. The third-order valence-corrected chi connectivity index (χ3v) is 3.75. The molecule has 1 amide bonds. The molecule has 0 aliphatic heterocycles. The van der Waals surface area contributed by atoms with Crippen molar-refractivity contribution < 1.29 is 14.6 Å². The van der Waals surface area contributed by atoms with Gasteiger partial charge in [0.15, 0.2) is 0 Å². The van der Waals surface area contributed by atoms with E-state index in [1.165, 1.54) is 19.3 Å². The summed E-state index contributed by atoms with van der Waals surface area (Å²) in [6.45, 7) is 3.27. The number of hydrogen-bond acceptors (Lipinski definition) is 4. The van der Waals surface area contributed by atoms with E-state index in [2.05, 4.69) is 12.2 Å². The maximum Gasteiger partial charge on any atom is 0.234 e. The minimum absolute atomic E-state index is 0.0471. The summed E-state index contributed by atoms with van der Waals surface area (Å²) in [5.41, 5.74) is 0. The quantitative estimate of drug-likeness (QED) is 0.713. The molecule has 3 unspecified atom stereocenters. The standard InChI is InChI=1S/C14H28N2O3/c1-11-6-4-5-7-13(11)15-14(18)9-16(2)8-12(17)10-19-3/h11-13,17H,4-10H2,1-3H3,(H,15,18). The number of likely N-dealkylation sites (N-methyl/N-ethyl adjacent to an activating group) is 1. The first-order valence-electron chi connectivity index (χ1n) is 7.17. The molecule has 19 heavy (non-hydrogen) atoms. The summed E-state index contributed by atoms with van der Waals surface area (Å²) in [6, 6.07) is 0.318.